The number of hydrogen-bond acceptors (Lipinski definition) is 6. The zero-order valence-corrected chi connectivity index (χ0v) is 11.5. The van der Waals surface area contributed by atoms with Gasteiger partial charge >= 0.3 is 5.97 Å². The second kappa shape index (κ2) is 6.70. The number of nitrogens with zero attached hydrogens (tertiary/aromatic N) is 2. The third kappa shape index (κ3) is 3.57. The van der Waals surface area contributed by atoms with E-state index in [0.717, 1.165) is 24.4 Å². The highest BCUT2D eigenvalue weighted by atomic mass is 16.5. The van der Waals surface area contributed by atoms with E-state index in [1.165, 1.54) is 7.11 Å². The molecule has 1 N–H and O–H groups in total. The van der Waals surface area contributed by atoms with Gasteiger partial charge in [0, 0.05) is 12.1 Å². The molecule has 0 bridgehead atoms. The summed E-state index contributed by atoms with van der Waals surface area (Å²) in [6.45, 7) is 2.52. The van der Waals surface area contributed by atoms with Crippen molar-refractivity contribution in [3.63, 3.8) is 0 Å². The third-order valence-electron chi connectivity index (χ3n) is 2.73. The number of anilines is 1. The first-order valence-corrected chi connectivity index (χ1v) is 6.46. The summed E-state index contributed by atoms with van der Waals surface area (Å²) in [6.07, 6.45) is 1.80. The van der Waals surface area contributed by atoms with Crippen LogP contribution in [0.5, 0.6) is 0 Å². The summed E-state index contributed by atoms with van der Waals surface area (Å²) >= 11 is 0. The molecule has 0 aliphatic rings. The highest BCUT2D eigenvalue weighted by Crippen LogP contribution is 2.11. The van der Waals surface area contributed by atoms with Crippen molar-refractivity contribution in [1.82, 2.24) is 10.1 Å². The molecule has 0 aliphatic heterocycles. The quantitative estimate of drug-likeness (QED) is 0.816. The lowest BCUT2D eigenvalue weighted by Gasteiger charge is -2.04. The van der Waals surface area contributed by atoms with Crippen LogP contribution >= 0.6 is 0 Å². The van der Waals surface area contributed by atoms with Crippen LogP contribution in [0, 0.1) is 0 Å². The van der Waals surface area contributed by atoms with E-state index in [4.69, 9.17) is 4.52 Å². The van der Waals surface area contributed by atoms with Crippen LogP contribution in [-0.2, 0) is 17.7 Å². The molecule has 1 heterocycles. The molecular weight excluding hydrogens is 258 g/mol. The molecule has 0 radical (unpaired) electrons. The second-order valence-corrected chi connectivity index (χ2v) is 4.28. The summed E-state index contributed by atoms with van der Waals surface area (Å²) in [5, 5.41) is 7.03. The van der Waals surface area contributed by atoms with Gasteiger partial charge in [0.2, 0.25) is 5.89 Å². The molecule has 0 amide bonds. The molecule has 0 unspecified atom stereocenters. The molecule has 0 atom stereocenters. The largest absolute Gasteiger partial charge is 0.465 e. The molecular formula is C14H17N3O3. The number of methoxy groups -OCH3 is 1. The van der Waals surface area contributed by atoms with Crippen LogP contribution in [-0.4, -0.2) is 23.2 Å². The molecule has 6 heteroatoms. The molecule has 20 heavy (non-hydrogen) atoms. The van der Waals surface area contributed by atoms with Crippen molar-refractivity contribution >= 4 is 11.7 Å². The minimum absolute atomic E-state index is 0.349. The molecule has 2 rings (SSSR count). The van der Waals surface area contributed by atoms with Crippen molar-refractivity contribution in [2.24, 2.45) is 0 Å². The van der Waals surface area contributed by atoms with Crippen molar-refractivity contribution < 1.29 is 14.1 Å². The Bertz CT molecular complexity index is 563. The minimum Gasteiger partial charge on any atom is -0.465 e. The Morgan fingerprint density at radius 1 is 1.35 bits per heavy atom. The highest BCUT2D eigenvalue weighted by Gasteiger charge is 2.06. The summed E-state index contributed by atoms with van der Waals surface area (Å²) in [5.74, 6) is 0.925. The van der Waals surface area contributed by atoms with Gasteiger partial charge in [0.25, 0.3) is 0 Å². The molecule has 1 aromatic heterocycles. The van der Waals surface area contributed by atoms with E-state index in [2.05, 4.69) is 27.1 Å². The number of nitrogens with one attached hydrogen (secondary N) is 1. The Morgan fingerprint density at radius 3 is 2.75 bits per heavy atom. The number of carbonyl (C=O) groups is 1. The van der Waals surface area contributed by atoms with E-state index in [1.54, 1.807) is 24.3 Å². The predicted octanol–water partition coefficient (Wildman–Crippen LogP) is 2.42. The first-order chi connectivity index (χ1) is 9.72. The van der Waals surface area contributed by atoms with Crippen LogP contribution in [0.4, 0.5) is 5.69 Å². The number of carbonyl (C=O) groups excluding carboxylic acids is 1. The topological polar surface area (TPSA) is 77.2 Å². The zero-order valence-electron chi connectivity index (χ0n) is 11.5. The fraction of sp³-hybridized carbons (Fsp3) is 0.357. The lowest BCUT2D eigenvalue weighted by molar-refractivity contribution is 0.0601. The fourth-order valence-electron chi connectivity index (χ4n) is 1.71. The van der Waals surface area contributed by atoms with Gasteiger partial charge in [-0.25, -0.2) is 4.79 Å². The van der Waals surface area contributed by atoms with Gasteiger partial charge in [0.05, 0.1) is 19.2 Å². The first kappa shape index (κ1) is 14.0. The number of ether oxygens (including phenoxy) is 1. The average Bonchev–Trinajstić information content (AvgIpc) is 2.93. The van der Waals surface area contributed by atoms with Gasteiger partial charge in [-0.1, -0.05) is 12.1 Å². The van der Waals surface area contributed by atoms with E-state index >= 15 is 0 Å². The van der Waals surface area contributed by atoms with Gasteiger partial charge in [-0.05, 0) is 30.7 Å². The van der Waals surface area contributed by atoms with Crippen LogP contribution in [0.2, 0.25) is 0 Å². The minimum atomic E-state index is -0.349. The maximum atomic E-state index is 11.3. The number of rotatable bonds is 6. The Morgan fingerprint density at radius 2 is 2.10 bits per heavy atom. The summed E-state index contributed by atoms with van der Waals surface area (Å²) in [5.41, 5.74) is 1.38. The van der Waals surface area contributed by atoms with Crippen LogP contribution < -0.4 is 5.32 Å². The van der Waals surface area contributed by atoms with Crippen molar-refractivity contribution in [3.8, 4) is 0 Å². The van der Waals surface area contributed by atoms with Gasteiger partial charge in [-0.15, -0.1) is 0 Å². The van der Waals surface area contributed by atoms with Crippen LogP contribution in [0.1, 0.15) is 35.4 Å². The third-order valence-corrected chi connectivity index (χ3v) is 2.73. The number of hydrogen-bond donors (Lipinski definition) is 1. The van der Waals surface area contributed by atoms with Crippen LogP contribution in [0.15, 0.2) is 28.8 Å². The van der Waals surface area contributed by atoms with Crippen molar-refractivity contribution in [3.05, 3.63) is 41.5 Å². The maximum absolute atomic E-state index is 11.3. The molecule has 0 aliphatic carbocycles. The molecule has 2 aromatic rings. The summed E-state index contributed by atoms with van der Waals surface area (Å²) < 4.78 is 9.76. The average molecular weight is 275 g/mol. The standard InChI is InChI=1S/C14H17N3O3/c1-3-4-12-16-13(20-17-12)9-15-11-7-5-10(6-8-11)14(18)19-2/h5-8,15H,3-4,9H2,1-2H3. The Kier molecular flexibility index (Phi) is 4.70. The predicted molar refractivity (Wildman–Crippen MR) is 73.4 cm³/mol. The van der Waals surface area contributed by atoms with Gasteiger partial charge in [-0.2, -0.15) is 4.98 Å². The fourth-order valence-corrected chi connectivity index (χ4v) is 1.71. The lowest BCUT2D eigenvalue weighted by Crippen LogP contribution is -2.03. The first-order valence-electron chi connectivity index (χ1n) is 6.46. The van der Waals surface area contributed by atoms with E-state index in [-0.39, 0.29) is 5.97 Å². The summed E-state index contributed by atoms with van der Waals surface area (Å²) in [7, 11) is 1.36. The summed E-state index contributed by atoms with van der Waals surface area (Å²) in [4.78, 5) is 15.6. The van der Waals surface area contributed by atoms with Crippen LogP contribution in [0.25, 0.3) is 0 Å². The number of esters is 1. The maximum Gasteiger partial charge on any atom is 0.337 e. The van der Waals surface area contributed by atoms with E-state index in [0.29, 0.717) is 18.0 Å². The van der Waals surface area contributed by atoms with E-state index in [9.17, 15) is 4.79 Å². The molecule has 106 valence electrons. The SMILES string of the molecule is CCCc1noc(CNc2ccc(C(=O)OC)cc2)n1. The van der Waals surface area contributed by atoms with Gasteiger partial charge < -0.3 is 14.6 Å². The highest BCUT2D eigenvalue weighted by molar-refractivity contribution is 5.89. The van der Waals surface area contributed by atoms with E-state index in [1.807, 2.05) is 0 Å². The molecule has 6 nitrogen and oxygen atoms in total. The lowest BCUT2D eigenvalue weighted by atomic mass is 10.2. The Hall–Kier alpha value is -2.37. The molecule has 0 saturated carbocycles. The molecule has 0 fully saturated rings. The van der Waals surface area contributed by atoms with Gasteiger partial charge in [0.1, 0.15) is 0 Å². The van der Waals surface area contributed by atoms with Crippen molar-refractivity contribution in [2.45, 2.75) is 26.3 Å². The normalized spacial score (nSPS) is 10.3. The number of aromatic nitrogens is 2. The monoisotopic (exact) mass is 275 g/mol. The Balaban J connectivity index is 1.91. The van der Waals surface area contributed by atoms with Gasteiger partial charge in [-0.3, -0.25) is 0 Å². The Labute approximate surface area is 117 Å². The van der Waals surface area contributed by atoms with Crippen LogP contribution in [0.3, 0.4) is 0 Å². The van der Waals surface area contributed by atoms with Crippen molar-refractivity contribution in [2.75, 3.05) is 12.4 Å². The zero-order chi connectivity index (χ0) is 14.4. The van der Waals surface area contributed by atoms with Gasteiger partial charge in [0.15, 0.2) is 5.82 Å². The number of aryl methyl sites for hydroxylation is 1. The molecule has 0 saturated heterocycles. The van der Waals surface area contributed by atoms with E-state index < -0.39 is 0 Å². The smallest absolute Gasteiger partial charge is 0.337 e. The van der Waals surface area contributed by atoms with Crippen molar-refractivity contribution in [1.29, 1.82) is 0 Å². The summed E-state index contributed by atoms with van der Waals surface area (Å²) in [6, 6.07) is 7.00. The second-order valence-electron chi connectivity index (χ2n) is 4.28. The molecule has 1 aromatic carbocycles. The molecule has 0 spiro atoms. The number of benzene rings is 1.